The summed E-state index contributed by atoms with van der Waals surface area (Å²) in [7, 11) is -6.93. The Bertz CT molecular complexity index is 3180. The van der Waals surface area contributed by atoms with Gasteiger partial charge in [0.1, 0.15) is 17.5 Å². The molecule has 1 aliphatic carbocycles. The van der Waals surface area contributed by atoms with E-state index in [4.69, 9.17) is 17.2 Å². The summed E-state index contributed by atoms with van der Waals surface area (Å²) in [4.78, 5) is 50.7. The molecule has 1 saturated carbocycles. The predicted octanol–water partition coefficient (Wildman–Crippen LogP) is 5.39. The van der Waals surface area contributed by atoms with Crippen molar-refractivity contribution in [1.29, 1.82) is 0 Å². The molecule has 9 N–H and O–H groups in total. The lowest BCUT2D eigenvalue weighted by atomic mass is 9.82. The van der Waals surface area contributed by atoms with Gasteiger partial charge in [-0.05, 0) is 162 Å². The van der Waals surface area contributed by atoms with Crippen molar-refractivity contribution < 1.29 is 75.5 Å². The fourth-order valence-electron chi connectivity index (χ4n) is 13.9. The number of hydrogen-bond acceptors (Lipinski definition) is 11. The molecule has 3 unspecified atom stereocenters. The molecular formula is C58H76F9N9O8S2. The van der Waals surface area contributed by atoms with E-state index in [1.807, 2.05) is 4.90 Å². The topological polar surface area (TPSA) is 260 Å². The molecule has 10 rings (SSSR count). The van der Waals surface area contributed by atoms with Crippen molar-refractivity contribution in [2.24, 2.45) is 35.0 Å². The van der Waals surface area contributed by atoms with Gasteiger partial charge in [-0.25, -0.2) is 61.1 Å². The molecule has 17 nitrogen and oxygen atoms in total. The summed E-state index contributed by atoms with van der Waals surface area (Å²) in [5, 5.41) is 4.66. The Labute approximate surface area is 495 Å². The molecule has 4 amide bonds. The second-order valence-electron chi connectivity index (χ2n) is 24.2. The van der Waals surface area contributed by atoms with Crippen LogP contribution in [0.15, 0.2) is 36.4 Å². The molecule has 28 heteroatoms. The highest BCUT2D eigenvalue weighted by Gasteiger charge is 2.49. The second kappa shape index (κ2) is 28.0. The number of benzene rings is 3. The maximum atomic E-state index is 14.0. The number of hydrogen-bond donors (Lipinski definition) is 6. The Morgan fingerprint density at radius 1 is 0.465 bits per heavy atom. The number of nitrogens with zero attached hydrogens (tertiary/aromatic N) is 3. The average Bonchev–Trinajstić information content (AvgIpc) is 2.51. The van der Waals surface area contributed by atoms with E-state index >= 15 is 0 Å². The lowest BCUT2D eigenvalue weighted by molar-refractivity contribution is -0.137. The monoisotopic (exact) mass is 1260 g/mol. The fourth-order valence-corrected chi connectivity index (χ4v) is 17.0. The van der Waals surface area contributed by atoms with Gasteiger partial charge in [-0.15, -0.1) is 0 Å². The summed E-state index contributed by atoms with van der Waals surface area (Å²) < 4.78 is 175. The van der Waals surface area contributed by atoms with Crippen LogP contribution in [0, 0.1) is 70.1 Å². The normalized spacial score (nSPS) is 26.2. The van der Waals surface area contributed by atoms with Crippen LogP contribution in [0.5, 0.6) is 0 Å². The molecule has 3 aromatic carbocycles. The van der Waals surface area contributed by atoms with Gasteiger partial charge >= 0.3 is 0 Å². The molecular weight excluding hydrogens is 1190 g/mol. The van der Waals surface area contributed by atoms with E-state index < -0.39 is 90.5 Å². The second-order valence-corrected chi connectivity index (χ2v) is 28.3. The molecule has 6 aliphatic heterocycles. The van der Waals surface area contributed by atoms with Crippen LogP contribution in [0.1, 0.15) is 120 Å². The predicted molar refractivity (Wildman–Crippen MR) is 299 cm³/mol. The number of carbonyl (C=O) groups is 4. The number of amides is 4. The number of halogens is 9. The molecule has 86 heavy (non-hydrogen) atoms. The molecule has 0 radical (unpaired) electrons. The molecule has 12 atom stereocenters. The summed E-state index contributed by atoms with van der Waals surface area (Å²) in [5.41, 5.74) is 18.9. The van der Waals surface area contributed by atoms with Gasteiger partial charge < -0.3 is 37.6 Å². The zero-order valence-electron chi connectivity index (χ0n) is 47.9. The summed E-state index contributed by atoms with van der Waals surface area (Å²) in [6, 6.07) is 2.49. The van der Waals surface area contributed by atoms with E-state index in [-0.39, 0.29) is 144 Å². The maximum Gasteiger partial charge on any atom is 0.242 e. The molecule has 6 heterocycles. The first-order valence-electron chi connectivity index (χ1n) is 29.3. The van der Waals surface area contributed by atoms with Crippen LogP contribution in [-0.2, 0) is 58.5 Å². The zero-order valence-corrected chi connectivity index (χ0v) is 49.5. The third kappa shape index (κ3) is 16.3. The molecule has 7 fully saturated rings. The largest absolute Gasteiger partial charge is 0.355 e. The Balaban J connectivity index is 0.000000168. The molecule has 0 aromatic heterocycles. The SMILES string of the molecule is CC(=O)NCC(=O)N1[C@@H]2CC[C@H]1CC([C@@H](N)Cc1cc(F)c(F)cc1F)C2.CC(=O)NCCS(=O)(=O)N1[C@@H]2CC[C@H]1CC([C@@H](N)Cc1cc(F)c(F)cc1F)C2.N[C@@H](Cc1cc(F)c(F)cc1F)C1C[C@H]2CC[C@@H](C1)N2C(=O)CNS(=O)(=O)C1CC1. The molecule has 6 bridgehead atoms. The van der Waals surface area contributed by atoms with Gasteiger partial charge in [-0.3, -0.25) is 19.2 Å². The Hall–Kier alpha value is -5.39. The molecule has 7 aliphatic rings. The van der Waals surface area contributed by atoms with E-state index in [1.165, 1.54) is 13.8 Å². The van der Waals surface area contributed by atoms with Crippen LogP contribution in [0.3, 0.4) is 0 Å². The quantitative estimate of drug-likeness (QED) is 0.0655. The number of sulfonamides is 2. The highest BCUT2D eigenvalue weighted by molar-refractivity contribution is 7.90. The van der Waals surface area contributed by atoms with E-state index in [0.717, 1.165) is 56.7 Å². The van der Waals surface area contributed by atoms with Gasteiger partial charge in [0.05, 0.1) is 24.1 Å². The van der Waals surface area contributed by atoms with Gasteiger partial charge in [0, 0.05) is 93.0 Å². The molecule has 0 spiro atoms. The molecule has 6 saturated heterocycles. The van der Waals surface area contributed by atoms with Gasteiger partial charge in [-0.1, -0.05) is 0 Å². The lowest BCUT2D eigenvalue weighted by Crippen LogP contribution is -2.52. The first-order chi connectivity index (χ1) is 40.5. The molecule has 3 aromatic rings. The van der Waals surface area contributed by atoms with Crippen molar-refractivity contribution in [3.63, 3.8) is 0 Å². The molecule has 476 valence electrons. The Morgan fingerprint density at radius 2 is 0.779 bits per heavy atom. The third-order valence-corrected chi connectivity index (χ3v) is 22.1. The van der Waals surface area contributed by atoms with Gasteiger partial charge in [0.25, 0.3) is 0 Å². The van der Waals surface area contributed by atoms with Crippen LogP contribution in [0.2, 0.25) is 0 Å². The van der Waals surface area contributed by atoms with Crippen molar-refractivity contribution in [1.82, 2.24) is 29.5 Å². The maximum absolute atomic E-state index is 14.0. The van der Waals surface area contributed by atoms with Crippen molar-refractivity contribution in [2.45, 2.75) is 183 Å². The number of piperidine rings is 3. The van der Waals surface area contributed by atoms with Crippen LogP contribution in [0.25, 0.3) is 0 Å². The van der Waals surface area contributed by atoms with E-state index in [9.17, 15) is 75.5 Å². The first-order valence-corrected chi connectivity index (χ1v) is 32.4. The first kappa shape index (κ1) is 66.6. The van der Waals surface area contributed by atoms with Crippen LogP contribution >= 0.6 is 0 Å². The summed E-state index contributed by atoms with van der Waals surface area (Å²) in [5.74, 6) is -10.4. The van der Waals surface area contributed by atoms with Crippen molar-refractivity contribution >= 4 is 43.7 Å². The Morgan fingerprint density at radius 3 is 1.12 bits per heavy atom. The van der Waals surface area contributed by atoms with Crippen molar-refractivity contribution in [3.05, 3.63) is 105 Å². The minimum atomic E-state index is -3.51. The summed E-state index contributed by atoms with van der Waals surface area (Å²) >= 11 is 0. The van der Waals surface area contributed by atoms with E-state index in [2.05, 4.69) is 15.4 Å². The highest BCUT2D eigenvalue weighted by atomic mass is 32.2. The summed E-state index contributed by atoms with van der Waals surface area (Å²) in [6.07, 6.45) is 10.1. The number of carbonyl (C=O) groups excluding carboxylic acids is 4. The zero-order chi connectivity index (χ0) is 62.7. The average molecular weight is 1260 g/mol. The van der Waals surface area contributed by atoms with Gasteiger partial charge in [0.15, 0.2) is 34.9 Å². The van der Waals surface area contributed by atoms with E-state index in [1.54, 1.807) is 9.21 Å². The Kier molecular flexibility index (Phi) is 21.7. The van der Waals surface area contributed by atoms with Crippen LogP contribution in [-0.4, -0.2) is 140 Å². The van der Waals surface area contributed by atoms with E-state index in [0.29, 0.717) is 69.6 Å². The fraction of sp³-hybridized carbons (Fsp3) is 0.621. The van der Waals surface area contributed by atoms with Crippen molar-refractivity contribution in [3.8, 4) is 0 Å². The minimum Gasteiger partial charge on any atom is -0.355 e. The highest BCUT2D eigenvalue weighted by Crippen LogP contribution is 2.44. The van der Waals surface area contributed by atoms with Crippen LogP contribution < -0.4 is 32.6 Å². The smallest absolute Gasteiger partial charge is 0.242 e. The third-order valence-electron chi connectivity index (χ3n) is 18.2. The summed E-state index contributed by atoms with van der Waals surface area (Å²) in [6.45, 7) is 2.51. The number of nitrogens with one attached hydrogen (secondary N) is 3. The number of nitrogens with two attached hydrogens (primary N) is 3. The lowest BCUT2D eigenvalue weighted by Gasteiger charge is -2.41. The number of fused-ring (bicyclic) bond motifs is 6. The van der Waals surface area contributed by atoms with Crippen LogP contribution in [0.4, 0.5) is 39.5 Å². The minimum absolute atomic E-state index is 0.0148. The number of rotatable bonds is 19. The standard InChI is InChI=1S/C20H26F3N3O3S.C19H26F3N3O3S.C19H24F3N3O2/c21-16-9-18(23)17(22)7-11(16)8-19(24)12-5-13-1-2-14(6-12)26(13)20(27)10-25-30(28,29)15-3-4-15;1-11(26)24-4-5-29(27,28)25-14-2-3-15(25)7-13(6-14)19(23)9-12-8-17(21)18(22)10-16(12)20;1-10(26)24-9-19(27)25-13-2-3-14(25)5-12(4-13)18(23)7-11-6-16(21)17(22)8-15(11)20/h7,9,12-15,19,25H,1-6,8,10,24H2;8,10,13-15,19H,2-7,9,23H2,1H3,(H,24,26);6,8,12-14,18H,2-5,7,9,23H2,1H3,(H,24,26)/t12?,13-,14+,19-;13?,14-,15+,19-;12?,13-,14+,18-/m000/s1. The van der Waals surface area contributed by atoms with Gasteiger partial charge in [-0.2, -0.15) is 4.31 Å². The van der Waals surface area contributed by atoms with Gasteiger partial charge in [0.2, 0.25) is 43.7 Å². The van der Waals surface area contributed by atoms with Crippen molar-refractivity contribution in [2.75, 3.05) is 25.4 Å².